The number of piperidine rings is 1. The molecule has 64 valence electrons. The van der Waals surface area contributed by atoms with Gasteiger partial charge in [0.05, 0.1) is 5.50 Å². The molecule has 0 aliphatic carbocycles. The van der Waals surface area contributed by atoms with Crippen LogP contribution in [0.15, 0.2) is 0 Å². The summed E-state index contributed by atoms with van der Waals surface area (Å²) in [6.07, 6.45) is 1.32. The summed E-state index contributed by atoms with van der Waals surface area (Å²) in [4.78, 5) is 2.40. The summed E-state index contributed by atoms with van der Waals surface area (Å²) in [6.45, 7) is 9.37. The highest BCUT2D eigenvalue weighted by Crippen LogP contribution is 2.57. The Morgan fingerprint density at radius 1 is 1.36 bits per heavy atom. The van der Waals surface area contributed by atoms with Crippen molar-refractivity contribution in [3.8, 4) is 0 Å². The van der Waals surface area contributed by atoms with E-state index in [1.165, 1.54) is 19.5 Å². The molecule has 2 saturated heterocycles. The molecule has 2 heteroatoms. The van der Waals surface area contributed by atoms with Crippen molar-refractivity contribution in [1.29, 1.82) is 0 Å². The van der Waals surface area contributed by atoms with Crippen LogP contribution in [0, 0.1) is 10.8 Å². The highest BCUT2D eigenvalue weighted by Gasteiger charge is 2.58. The summed E-state index contributed by atoms with van der Waals surface area (Å²) < 4.78 is 0. The Labute approximate surface area is 73.7 Å². The van der Waals surface area contributed by atoms with Gasteiger partial charge in [-0.15, -0.1) is 11.6 Å². The molecule has 1 unspecified atom stereocenters. The lowest BCUT2D eigenvalue weighted by Crippen LogP contribution is -2.41. The average Bonchev–Trinajstić information content (AvgIpc) is 2.36. The molecule has 2 heterocycles. The first kappa shape index (κ1) is 7.88. The van der Waals surface area contributed by atoms with Gasteiger partial charge in [-0.05, 0) is 11.8 Å². The molecule has 2 rings (SSSR count). The molecule has 0 radical (unpaired) electrons. The van der Waals surface area contributed by atoms with Crippen molar-refractivity contribution in [3.63, 3.8) is 0 Å². The van der Waals surface area contributed by atoms with Gasteiger partial charge in [-0.1, -0.05) is 20.8 Å². The van der Waals surface area contributed by atoms with Crippen LogP contribution in [-0.4, -0.2) is 23.5 Å². The lowest BCUT2D eigenvalue weighted by atomic mass is 9.67. The van der Waals surface area contributed by atoms with E-state index in [0.717, 1.165) is 0 Å². The van der Waals surface area contributed by atoms with E-state index in [-0.39, 0.29) is 5.50 Å². The topological polar surface area (TPSA) is 3.24 Å². The van der Waals surface area contributed by atoms with Gasteiger partial charge < -0.3 is 0 Å². The number of rotatable bonds is 0. The van der Waals surface area contributed by atoms with Crippen LogP contribution < -0.4 is 0 Å². The Kier molecular flexibility index (Phi) is 1.39. The van der Waals surface area contributed by atoms with E-state index >= 15 is 0 Å². The highest BCUT2D eigenvalue weighted by atomic mass is 35.5. The van der Waals surface area contributed by atoms with Gasteiger partial charge in [-0.25, -0.2) is 0 Å². The van der Waals surface area contributed by atoms with E-state index in [1.54, 1.807) is 0 Å². The number of fused-ring (bicyclic) bond motifs is 2. The average molecular weight is 174 g/mol. The number of hydrogen-bond donors (Lipinski definition) is 0. The van der Waals surface area contributed by atoms with Crippen molar-refractivity contribution in [2.24, 2.45) is 10.8 Å². The smallest absolute Gasteiger partial charge is 0.0907 e. The summed E-state index contributed by atoms with van der Waals surface area (Å²) in [6, 6.07) is 0. The summed E-state index contributed by atoms with van der Waals surface area (Å²) in [5.74, 6) is 0. The zero-order valence-electron chi connectivity index (χ0n) is 7.52. The van der Waals surface area contributed by atoms with Gasteiger partial charge in [0.1, 0.15) is 0 Å². The SMILES string of the molecule is CC1(C)[C@H](Cl)N2CC[C@]1(C)C2. The minimum absolute atomic E-state index is 0.265. The number of halogens is 1. The second-order valence-corrected chi connectivity index (χ2v) is 5.25. The molecule has 0 amide bonds. The first-order valence-corrected chi connectivity index (χ1v) is 4.79. The van der Waals surface area contributed by atoms with Crippen LogP contribution in [0.4, 0.5) is 0 Å². The van der Waals surface area contributed by atoms with Crippen LogP contribution in [-0.2, 0) is 0 Å². The summed E-state index contributed by atoms with van der Waals surface area (Å²) in [7, 11) is 0. The molecule has 0 saturated carbocycles. The standard InChI is InChI=1S/C9H16ClN/c1-8(2)7(10)11-5-4-9(8,3)6-11/h7H,4-6H2,1-3H3/t7-,9-/m1/s1. The van der Waals surface area contributed by atoms with Crippen molar-refractivity contribution in [3.05, 3.63) is 0 Å². The van der Waals surface area contributed by atoms with Crippen LogP contribution in [0.25, 0.3) is 0 Å². The molecule has 3 atom stereocenters. The second kappa shape index (κ2) is 1.94. The first-order chi connectivity index (χ1) is 4.97. The quantitative estimate of drug-likeness (QED) is 0.402. The molecular formula is C9H16ClN. The Morgan fingerprint density at radius 2 is 2.00 bits per heavy atom. The van der Waals surface area contributed by atoms with E-state index in [0.29, 0.717) is 10.8 Å². The maximum Gasteiger partial charge on any atom is 0.0907 e. The van der Waals surface area contributed by atoms with Crippen molar-refractivity contribution >= 4 is 11.6 Å². The van der Waals surface area contributed by atoms with Crippen molar-refractivity contribution < 1.29 is 0 Å². The fourth-order valence-electron chi connectivity index (χ4n) is 2.46. The van der Waals surface area contributed by atoms with Gasteiger partial charge in [-0.2, -0.15) is 0 Å². The zero-order valence-corrected chi connectivity index (χ0v) is 8.28. The fraction of sp³-hybridized carbons (Fsp3) is 1.00. The van der Waals surface area contributed by atoms with Crippen LogP contribution >= 0.6 is 11.6 Å². The predicted molar refractivity (Wildman–Crippen MR) is 47.7 cm³/mol. The minimum atomic E-state index is 0.265. The minimum Gasteiger partial charge on any atom is -0.286 e. The van der Waals surface area contributed by atoms with Crippen LogP contribution in [0.1, 0.15) is 27.2 Å². The normalized spacial score (nSPS) is 53.5. The molecule has 1 nitrogen and oxygen atoms in total. The molecule has 0 N–H and O–H groups in total. The van der Waals surface area contributed by atoms with Crippen LogP contribution in [0.3, 0.4) is 0 Å². The summed E-state index contributed by atoms with van der Waals surface area (Å²) >= 11 is 6.32. The lowest BCUT2D eigenvalue weighted by Gasteiger charge is -2.41. The monoisotopic (exact) mass is 173 g/mol. The third-order valence-corrected chi connectivity index (χ3v) is 4.80. The van der Waals surface area contributed by atoms with Crippen molar-refractivity contribution in [2.75, 3.05) is 13.1 Å². The maximum atomic E-state index is 6.32. The lowest BCUT2D eigenvalue weighted by molar-refractivity contribution is 0.111. The van der Waals surface area contributed by atoms with E-state index in [2.05, 4.69) is 25.7 Å². The Hall–Kier alpha value is 0.250. The number of nitrogens with zero attached hydrogens (tertiary/aromatic N) is 1. The van der Waals surface area contributed by atoms with Gasteiger partial charge in [0, 0.05) is 18.5 Å². The van der Waals surface area contributed by atoms with E-state index in [4.69, 9.17) is 11.6 Å². The molecule has 0 aromatic rings. The molecular weight excluding hydrogens is 158 g/mol. The predicted octanol–water partition coefficient (Wildman–Crippen LogP) is 2.30. The third-order valence-electron chi connectivity index (χ3n) is 3.97. The Balaban J connectivity index is 2.36. The largest absolute Gasteiger partial charge is 0.286 e. The molecule has 2 aliphatic rings. The molecule has 0 aromatic carbocycles. The number of hydrogen-bond acceptors (Lipinski definition) is 1. The van der Waals surface area contributed by atoms with Gasteiger partial charge >= 0.3 is 0 Å². The molecule has 11 heavy (non-hydrogen) atoms. The summed E-state index contributed by atoms with van der Waals surface area (Å²) in [5, 5.41) is 0. The molecule has 2 fully saturated rings. The fourth-order valence-corrected chi connectivity index (χ4v) is 2.89. The first-order valence-electron chi connectivity index (χ1n) is 4.35. The Morgan fingerprint density at radius 3 is 2.27 bits per heavy atom. The summed E-state index contributed by atoms with van der Waals surface area (Å²) in [5.41, 5.74) is 1.04. The molecule has 2 aliphatic heterocycles. The Bertz CT molecular complexity index is 187. The van der Waals surface area contributed by atoms with E-state index in [1.807, 2.05) is 0 Å². The highest BCUT2D eigenvalue weighted by molar-refractivity contribution is 6.21. The van der Waals surface area contributed by atoms with Gasteiger partial charge in [0.15, 0.2) is 0 Å². The third kappa shape index (κ3) is 0.762. The molecule has 2 bridgehead atoms. The molecule has 0 spiro atoms. The van der Waals surface area contributed by atoms with Gasteiger partial charge in [-0.3, -0.25) is 4.90 Å². The zero-order chi connectivity index (χ0) is 8.28. The van der Waals surface area contributed by atoms with Gasteiger partial charge in [0.2, 0.25) is 0 Å². The van der Waals surface area contributed by atoms with E-state index < -0.39 is 0 Å². The van der Waals surface area contributed by atoms with Crippen LogP contribution in [0.2, 0.25) is 0 Å². The van der Waals surface area contributed by atoms with E-state index in [9.17, 15) is 0 Å². The van der Waals surface area contributed by atoms with Crippen molar-refractivity contribution in [2.45, 2.75) is 32.7 Å². The molecule has 0 aromatic heterocycles. The number of alkyl halides is 1. The van der Waals surface area contributed by atoms with Crippen LogP contribution in [0.5, 0.6) is 0 Å². The maximum absolute atomic E-state index is 6.32. The second-order valence-electron chi connectivity index (χ2n) is 4.84. The van der Waals surface area contributed by atoms with Crippen molar-refractivity contribution in [1.82, 2.24) is 4.90 Å². The van der Waals surface area contributed by atoms with Gasteiger partial charge in [0.25, 0.3) is 0 Å².